The van der Waals surface area contributed by atoms with E-state index >= 15 is 0 Å². The van der Waals surface area contributed by atoms with Crippen LogP contribution in [-0.4, -0.2) is 63.3 Å². The SMILES string of the molecule is CCC[N+](CCC)(CCC)CCC.C[N+](C)(C)C.[Cl-].[Cl-]. The maximum Gasteiger partial charge on any atom is 0.0783 e. The zero-order valence-corrected chi connectivity index (χ0v) is 16.8. The fraction of sp³-hybridized carbons (Fsp3) is 1.00. The average molecular weight is 331 g/mol. The van der Waals surface area contributed by atoms with E-state index in [2.05, 4.69) is 55.9 Å². The van der Waals surface area contributed by atoms with Gasteiger partial charge in [-0.2, -0.15) is 0 Å². The Labute approximate surface area is 141 Å². The van der Waals surface area contributed by atoms with Crippen molar-refractivity contribution in [3.63, 3.8) is 0 Å². The Morgan fingerprint density at radius 3 is 0.750 bits per heavy atom. The molecule has 0 saturated carbocycles. The van der Waals surface area contributed by atoms with E-state index in [1.165, 1.54) is 56.3 Å². The molecule has 128 valence electrons. The van der Waals surface area contributed by atoms with E-state index in [9.17, 15) is 0 Å². The Bertz CT molecular complexity index is 144. The molecule has 0 aliphatic heterocycles. The van der Waals surface area contributed by atoms with E-state index in [0.717, 1.165) is 4.48 Å². The second-order valence-corrected chi connectivity index (χ2v) is 6.92. The number of hydrogen-bond acceptors (Lipinski definition) is 0. The van der Waals surface area contributed by atoms with Crippen molar-refractivity contribution in [2.45, 2.75) is 53.4 Å². The van der Waals surface area contributed by atoms with Gasteiger partial charge in [0.15, 0.2) is 0 Å². The third kappa shape index (κ3) is 20.8. The fourth-order valence-corrected chi connectivity index (χ4v) is 2.57. The van der Waals surface area contributed by atoms with Crippen LogP contribution in [0.3, 0.4) is 0 Å². The summed E-state index contributed by atoms with van der Waals surface area (Å²) in [5, 5.41) is 0. The molecule has 0 aromatic heterocycles. The Balaban J connectivity index is -0.000000158. The third-order valence-electron chi connectivity index (χ3n) is 2.79. The van der Waals surface area contributed by atoms with Gasteiger partial charge in [0, 0.05) is 0 Å². The van der Waals surface area contributed by atoms with Crippen LogP contribution in [0, 0.1) is 0 Å². The lowest BCUT2D eigenvalue weighted by Gasteiger charge is -2.38. The highest BCUT2D eigenvalue weighted by Crippen LogP contribution is 2.12. The summed E-state index contributed by atoms with van der Waals surface area (Å²) < 4.78 is 2.38. The molecular weight excluding hydrogens is 291 g/mol. The van der Waals surface area contributed by atoms with Gasteiger partial charge < -0.3 is 33.8 Å². The van der Waals surface area contributed by atoms with E-state index in [1.807, 2.05) is 0 Å². The van der Waals surface area contributed by atoms with Crippen LogP contribution in [0.5, 0.6) is 0 Å². The van der Waals surface area contributed by atoms with Crippen molar-refractivity contribution in [1.29, 1.82) is 0 Å². The van der Waals surface area contributed by atoms with Crippen molar-refractivity contribution < 1.29 is 33.8 Å². The Morgan fingerprint density at radius 2 is 0.650 bits per heavy atom. The molecule has 0 rings (SSSR count). The molecule has 0 N–H and O–H groups in total. The normalized spacial score (nSPS) is 10.8. The van der Waals surface area contributed by atoms with Crippen LogP contribution in [-0.2, 0) is 0 Å². The highest BCUT2D eigenvalue weighted by atomic mass is 35.5. The second kappa shape index (κ2) is 15.9. The summed E-state index contributed by atoms with van der Waals surface area (Å²) in [5.41, 5.74) is 0. The molecule has 0 saturated heterocycles. The topological polar surface area (TPSA) is 0 Å². The summed E-state index contributed by atoms with van der Waals surface area (Å²) in [5.74, 6) is 0. The zero-order valence-electron chi connectivity index (χ0n) is 15.3. The molecule has 0 aliphatic carbocycles. The minimum atomic E-state index is 0. The van der Waals surface area contributed by atoms with Gasteiger partial charge in [-0.05, 0) is 25.7 Å². The Morgan fingerprint density at radius 1 is 0.500 bits per heavy atom. The summed E-state index contributed by atoms with van der Waals surface area (Å²) in [6, 6.07) is 0. The molecule has 0 fully saturated rings. The van der Waals surface area contributed by atoms with Crippen molar-refractivity contribution in [2.24, 2.45) is 0 Å². The van der Waals surface area contributed by atoms with Gasteiger partial charge in [-0.15, -0.1) is 0 Å². The third-order valence-corrected chi connectivity index (χ3v) is 2.79. The molecule has 4 heteroatoms. The minimum Gasteiger partial charge on any atom is -1.00 e. The van der Waals surface area contributed by atoms with Gasteiger partial charge in [0.05, 0.1) is 54.4 Å². The van der Waals surface area contributed by atoms with Gasteiger partial charge in [0.1, 0.15) is 0 Å². The first-order valence-corrected chi connectivity index (χ1v) is 7.88. The van der Waals surface area contributed by atoms with Crippen LogP contribution in [0.2, 0.25) is 0 Å². The summed E-state index contributed by atoms with van der Waals surface area (Å²) in [6.07, 6.45) is 5.33. The monoisotopic (exact) mass is 330 g/mol. The molecule has 0 spiro atoms. The number of rotatable bonds is 8. The summed E-state index contributed by atoms with van der Waals surface area (Å²) in [6.45, 7) is 14.8. The Hall–Kier alpha value is 0.500. The highest BCUT2D eigenvalue weighted by Gasteiger charge is 2.22. The van der Waals surface area contributed by atoms with Crippen LogP contribution >= 0.6 is 0 Å². The fourth-order valence-electron chi connectivity index (χ4n) is 2.57. The van der Waals surface area contributed by atoms with Crippen LogP contribution in [0.4, 0.5) is 0 Å². The lowest BCUT2D eigenvalue weighted by atomic mass is 10.2. The molecule has 0 radical (unpaired) electrons. The van der Waals surface area contributed by atoms with E-state index < -0.39 is 0 Å². The molecular formula is C16H40Cl2N2. The first-order chi connectivity index (χ1) is 8.24. The highest BCUT2D eigenvalue weighted by molar-refractivity contribution is 4.43. The molecule has 0 atom stereocenters. The largest absolute Gasteiger partial charge is 1.00 e. The maximum absolute atomic E-state index is 2.31. The molecule has 0 unspecified atom stereocenters. The first-order valence-electron chi connectivity index (χ1n) is 7.88. The maximum atomic E-state index is 2.31. The van der Waals surface area contributed by atoms with Gasteiger partial charge in [-0.25, -0.2) is 0 Å². The van der Waals surface area contributed by atoms with Crippen molar-refractivity contribution in [3.8, 4) is 0 Å². The second-order valence-electron chi connectivity index (χ2n) is 6.92. The van der Waals surface area contributed by atoms with Gasteiger partial charge in [-0.1, -0.05) is 27.7 Å². The number of halogens is 2. The van der Waals surface area contributed by atoms with Gasteiger partial charge in [0.25, 0.3) is 0 Å². The van der Waals surface area contributed by atoms with Gasteiger partial charge >= 0.3 is 0 Å². The molecule has 0 amide bonds. The summed E-state index contributed by atoms with van der Waals surface area (Å²) in [7, 11) is 8.50. The molecule has 20 heavy (non-hydrogen) atoms. The lowest BCUT2D eigenvalue weighted by Crippen LogP contribution is -3.00. The van der Waals surface area contributed by atoms with Gasteiger partial charge in [-0.3, -0.25) is 0 Å². The molecule has 2 nitrogen and oxygen atoms in total. The average Bonchev–Trinajstić information content (AvgIpc) is 2.16. The molecule has 0 aromatic carbocycles. The lowest BCUT2D eigenvalue weighted by molar-refractivity contribution is -0.928. The van der Waals surface area contributed by atoms with Crippen LogP contribution in [0.1, 0.15) is 53.4 Å². The van der Waals surface area contributed by atoms with Crippen molar-refractivity contribution in [1.82, 2.24) is 0 Å². The molecule has 0 heterocycles. The van der Waals surface area contributed by atoms with E-state index in [4.69, 9.17) is 0 Å². The number of hydrogen-bond donors (Lipinski definition) is 0. The predicted molar refractivity (Wildman–Crippen MR) is 84.8 cm³/mol. The predicted octanol–water partition coefficient (Wildman–Crippen LogP) is -2.23. The van der Waals surface area contributed by atoms with E-state index in [0.29, 0.717) is 0 Å². The molecule has 0 aromatic rings. The van der Waals surface area contributed by atoms with Gasteiger partial charge in [0.2, 0.25) is 0 Å². The standard InChI is InChI=1S/C12H28N.C4H12N.2ClH/c1-5-9-13(10-6-2,11-7-3)12-8-4;1-5(2,3)4;;/h5-12H2,1-4H3;1-4H3;2*1H/q2*+1;;/p-2. The zero-order chi connectivity index (χ0) is 14.7. The summed E-state index contributed by atoms with van der Waals surface area (Å²) in [4.78, 5) is 0. The Kier molecular flexibility index (Phi) is 22.7. The first kappa shape index (κ1) is 28.6. The minimum absolute atomic E-state index is 0. The number of quaternary nitrogens is 2. The molecule has 0 bridgehead atoms. The van der Waals surface area contributed by atoms with Crippen molar-refractivity contribution >= 4 is 0 Å². The smallest absolute Gasteiger partial charge is 0.0783 e. The van der Waals surface area contributed by atoms with E-state index in [1.54, 1.807) is 0 Å². The van der Waals surface area contributed by atoms with Crippen LogP contribution < -0.4 is 24.8 Å². The quantitative estimate of drug-likeness (QED) is 0.442. The van der Waals surface area contributed by atoms with Crippen molar-refractivity contribution in [3.05, 3.63) is 0 Å². The summed E-state index contributed by atoms with van der Waals surface area (Å²) >= 11 is 0. The molecule has 0 aliphatic rings. The van der Waals surface area contributed by atoms with Crippen LogP contribution in [0.25, 0.3) is 0 Å². The number of nitrogens with zero attached hydrogens (tertiary/aromatic N) is 2. The van der Waals surface area contributed by atoms with Crippen LogP contribution in [0.15, 0.2) is 0 Å². The van der Waals surface area contributed by atoms with Crippen molar-refractivity contribution in [2.75, 3.05) is 54.4 Å². The van der Waals surface area contributed by atoms with E-state index in [-0.39, 0.29) is 24.8 Å².